The zero-order chi connectivity index (χ0) is 11.4. The predicted octanol–water partition coefficient (Wildman–Crippen LogP) is 1.83. The molecule has 0 saturated heterocycles. The van der Waals surface area contributed by atoms with Crippen LogP contribution in [-0.4, -0.2) is 16.9 Å². The number of pyridine rings is 1. The number of carbonyl (C=O) groups excluding carboxylic acids is 1. The van der Waals surface area contributed by atoms with Crippen molar-refractivity contribution in [2.45, 2.75) is 26.3 Å². The molecule has 0 radical (unpaired) electrons. The standard InChI is InChI=1S/C10H14BrN3O/c1-3-7(12)10(15)14-8-4-5-9(11)13-6(8)2/h4-5,7H,3,12H2,1-2H3,(H,14,15)/t7-/m1/s1. The number of nitrogens with one attached hydrogen (secondary N) is 1. The number of aryl methyl sites for hydroxylation is 1. The molecular weight excluding hydrogens is 258 g/mol. The molecule has 0 aromatic carbocycles. The summed E-state index contributed by atoms with van der Waals surface area (Å²) in [6, 6.07) is 3.11. The first-order chi connectivity index (χ1) is 7.04. The van der Waals surface area contributed by atoms with Crippen LogP contribution in [-0.2, 0) is 4.79 Å². The maximum absolute atomic E-state index is 11.5. The molecule has 1 aromatic heterocycles. The number of hydrogen-bond acceptors (Lipinski definition) is 3. The first-order valence-electron chi connectivity index (χ1n) is 4.74. The summed E-state index contributed by atoms with van der Waals surface area (Å²) in [6.07, 6.45) is 0.620. The van der Waals surface area contributed by atoms with Gasteiger partial charge >= 0.3 is 0 Å². The number of rotatable bonds is 3. The number of hydrogen-bond donors (Lipinski definition) is 2. The zero-order valence-corrected chi connectivity index (χ0v) is 10.3. The first-order valence-corrected chi connectivity index (χ1v) is 5.53. The van der Waals surface area contributed by atoms with Crippen LogP contribution in [0.3, 0.4) is 0 Å². The molecule has 1 aromatic rings. The van der Waals surface area contributed by atoms with Gasteiger partial charge in [-0.25, -0.2) is 4.98 Å². The normalized spacial score (nSPS) is 12.3. The number of aromatic nitrogens is 1. The Morgan fingerprint density at radius 2 is 2.33 bits per heavy atom. The van der Waals surface area contributed by atoms with E-state index in [0.717, 1.165) is 10.3 Å². The van der Waals surface area contributed by atoms with Crippen LogP contribution in [0, 0.1) is 6.92 Å². The van der Waals surface area contributed by atoms with E-state index >= 15 is 0 Å². The fourth-order valence-electron chi connectivity index (χ4n) is 1.07. The van der Waals surface area contributed by atoms with Gasteiger partial charge in [0.05, 0.1) is 17.4 Å². The molecule has 0 spiro atoms. The summed E-state index contributed by atoms with van der Waals surface area (Å²) in [5, 5.41) is 2.74. The molecule has 1 atom stereocenters. The Morgan fingerprint density at radius 1 is 1.67 bits per heavy atom. The average Bonchev–Trinajstić information content (AvgIpc) is 2.20. The summed E-state index contributed by atoms with van der Waals surface area (Å²) < 4.78 is 0.748. The molecule has 1 rings (SSSR count). The summed E-state index contributed by atoms with van der Waals surface area (Å²) in [6.45, 7) is 3.70. The Hall–Kier alpha value is -0.940. The quantitative estimate of drug-likeness (QED) is 0.825. The van der Waals surface area contributed by atoms with Crippen molar-refractivity contribution in [2.24, 2.45) is 5.73 Å². The van der Waals surface area contributed by atoms with Crippen molar-refractivity contribution in [3.63, 3.8) is 0 Å². The van der Waals surface area contributed by atoms with Gasteiger partial charge in [0, 0.05) is 0 Å². The van der Waals surface area contributed by atoms with E-state index in [1.807, 2.05) is 13.8 Å². The first kappa shape index (κ1) is 12.1. The van der Waals surface area contributed by atoms with Gasteiger partial charge in [-0.15, -0.1) is 0 Å². The van der Waals surface area contributed by atoms with Crippen LogP contribution < -0.4 is 11.1 Å². The van der Waals surface area contributed by atoms with Crippen LogP contribution in [0.1, 0.15) is 19.0 Å². The zero-order valence-electron chi connectivity index (χ0n) is 8.75. The Morgan fingerprint density at radius 3 is 2.87 bits per heavy atom. The van der Waals surface area contributed by atoms with Crippen LogP contribution in [0.15, 0.2) is 16.7 Å². The third kappa shape index (κ3) is 3.28. The Labute approximate surface area is 97.4 Å². The van der Waals surface area contributed by atoms with Crippen LogP contribution in [0.5, 0.6) is 0 Å². The molecule has 1 amide bonds. The van der Waals surface area contributed by atoms with Crippen molar-refractivity contribution >= 4 is 27.5 Å². The number of carbonyl (C=O) groups is 1. The molecule has 0 unspecified atom stereocenters. The molecule has 0 fully saturated rings. The van der Waals surface area contributed by atoms with Crippen molar-refractivity contribution in [3.05, 3.63) is 22.4 Å². The molecular formula is C10H14BrN3O. The molecule has 0 saturated carbocycles. The molecule has 4 nitrogen and oxygen atoms in total. The largest absolute Gasteiger partial charge is 0.323 e. The smallest absolute Gasteiger partial charge is 0.241 e. The number of nitrogens with zero attached hydrogens (tertiary/aromatic N) is 1. The minimum Gasteiger partial charge on any atom is -0.323 e. The Kier molecular flexibility index (Phi) is 4.23. The second-order valence-electron chi connectivity index (χ2n) is 3.27. The minimum atomic E-state index is -0.465. The number of halogens is 1. The number of nitrogens with two attached hydrogens (primary N) is 1. The van der Waals surface area contributed by atoms with Crippen molar-refractivity contribution in [3.8, 4) is 0 Å². The molecule has 0 aliphatic rings. The van der Waals surface area contributed by atoms with Crippen LogP contribution in [0.2, 0.25) is 0 Å². The fourth-order valence-corrected chi connectivity index (χ4v) is 1.47. The van der Waals surface area contributed by atoms with Gasteiger partial charge in [-0.05, 0) is 41.4 Å². The van der Waals surface area contributed by atoms with Gasteiger partial charge in [0.2, 0.25) is 5.91 Å². The van der Waals surface area contributed by atoms with E-state index in [1.54, 1.807) is 12.1 Å². The van der Waals surface area contributed by atoms with E-state index in [1.165, 1.54) is 0 Å². The van der Waals surface area contributed by atoms with E-state index in [0.29, 0.717) is 12.1 Å². The Bertz CT molecular complexity index is 368. The van der Waals surface area contributed by atoms with E-state index in [4.69, 9.17) is 5.73 Å². The van der Waals surface area contributed by atoms with Crippen LogP contribution >= 0.6 is 15.9 Å². The van der Waals surface area contributed by atoms with Crippen LogP contribution in [0.25, 0.3) is 0 Å². The van der Waals surface area contributed by atoms with E-state index in [2.05, 4.69) is 26.2 Å². The summed E-state index contributed by atoms with van der Waals surface area (Å²) in [7, 11) is 0. The highest BCUT2D eigenvalue weighted by Gasteiger charge is 2.12. The number of amides is 1. The molecule has 0 bridgehead atoms. The monoisotopic (exact) mass is 271 g/mol. The lowest BCUT2D eigenvalue weighted by atomic mass is 10.2. The second-order valence-corrected chi connectivity index (χ2v) is 4.08. The highest BCUT2D eigenvalue weighted by Crippen LogP contribution is 2.16. The molecule has 3 N–H and O–H groups in total. The third-order valence-corrected chi connectivity index (χ3v) is 2.53. The van der Waals surface area contributed by atoms with Gasteiger partial charge in [0.25, 0.3) is 0 Å². The lowest BCUT2D eigenvalue weighted by molar-refractivity contribution is -0.117. The summed E-state index contributed by atoms with van der Waals surface area (Å²) in [5.41, 5.74) is 7.07. The molecule has 0 aliphatic heterocycles. The van der Waals surface area contributed by atoms with Gasteiger partial charge in [0.1, 0.15) is 4.60 Å². The van der Waals surface area contributed by atoms with Crippen molar-refractivity contribution in [1.29, 1.82) is 0 Å². The highest BCUT2D eigenvalue weighted by molar-refractivity contribution is 9.10. The molecule has 0 aliphatic carbocycles. The number of anilines is 1. The van der Waals surface area contributed by atoms with Gasteiger partial charge in [-0.3, -0.25) is 4.79 Å². The third-order valence-electron chi connectivity index (χ3n) is 2.09. The average molecular weight is 272 g/mol. The highest BCUT2D eigenvalue weighted by atomic mass is 79.9. The lowest BCUT2D eigenvalue weighted by Gasteiger charge is -2.11. The van der Waals surface area contributed by atoms with Gasteiger partial charge in [0.15, 0.2) is 0 Å². The SMILES string of the molecule is CC[C@@H](N)C(=O)Nc1ccc(Br)nc1C. The molecule has 15 heavy (non-hydrogen) atoms. The van der Waals surface area contributed by atoms with Crippen molar-refractivity contribution in [2.75, 3.05) is 5.32 Å². The maximum atomic E-state index is 11.5. The molecule has 1 heterocycles. The fraction of sp³-hybridized carbons (Fsp3) is 0.400. The summed E-state index contributed by atoms with van der Waals surface area (Å²) in [4.78, 5) is 15.7. The summed E-state index contributed by atoms with van der Waals surface area (Å²) >= 11 is 3.26. The predicted molar refractivity (Wildman–Crippen MR) is 63.6 cm³/mol. The molecule has 82 valence electrons. The van der Waals surface area contributed by atoms with Gasteiger partial charge in [-0.1, -0.05) is 6.92 Å². The van der Waals surface area contributed by atoms with Crippen molar-refractivity contribution in [1.82, 2.24) is 4.98 Å². The maximum Gasteiger partial charge on any atom is 0.241 e. The summed E-state index contributed by atoms with van der Waals surface area (Å²) in [5.74, 6) is -0.176. The lowest BCUT2D eigenvalue weighted by Crippen LogP contribution is -2.35. The van der Waals surface area contributed by atoms with Crippen molar-refractivity contribution < 1.29 is 4.79 Å². The van der Waals surface area contributed by atoms with Crippen LogP contribution in [0.4, 0.5) is 5.69 Å². The van der Waals surface area contributed by atoms with Gasteiger partial charge < -0.3 is 11.1 Å². The topological polar surface area (TPSA) is 68.0 Å². The van der Waals surface area contributed by atoms with Gasteiger partial charge in [-0.2, -0.15) is 0 Å². The van der Waals surface area contributed by atoms with E-state index in [9.17, 15) is 4.79 Å². The van der Waals surface area contributed by atoms with E-state index < -0.39 is 6.04 Å². The second kappa shape index (κ2) is 5.23. The molecule has 5 heteroatoms. The minimum absolute atomic E-state index is 0.176. The van der Waals surface area contributed by atoms with E-state index in [-0.39, 0.29) is 5.91 Å². The Balaban J connectivity index is 2.77.